The largest absolute Gasteiger partial charge is 0.333 e. The minimum absolute atomic E-state index is 0.428. The highest BCUT2D eigenvalue weighted by molar-refractivity contribution is 5.69. The smallest absolute Gasteiger partial charge is 0.259 e. The van der Waals surface area contributed by atoms with Crippen LogP contribution in [-0.2, 0) is 0 Å². The summed E-state index contributed by atoms with van der Waals surface area (Å²) in [6.07, 6.45) is 5.24. The van der Waals surface area contributed by atoms with Gasteiger partial charge in [-0.05, 0) is 30.7 Å². The molecule has 1 aromatic carbocycles. The Morgan fingerprint density at radius 2 is 1.79 bits per heavy atom. The van der Waals surface area contributed by atoms with Crippen LogP contribution in [0.25, 0.3) is 34.1 Å². The van der Waals surface area contributed by atoms with Crippen molar-refractivity contribution < 1.29 is 4.52 Å². The summed E-state index contributed by atoms with van der Waals surface area (Å²) in [5.74, 6) is 0.893. The second-order valence-corrected chi connectivity index (χ2v) is 5.47. The fourth-order valence-electron chi connectivity index (χ4n) is 2.48. The number of nitrogens with zero attached hydrogens (tertiary/aromatic N) is 4. The molecule has 5 nitrogen and oxygen atoms in total. The molecular formula is C19H14N4O. The lowest BCUT2D eigenvalue weighted by Gasteiger charge is -2.03. The Morgan fingerprint density at radius 3 is 2.62 bits per heavy atom. The van der Waals surface area contributed by atoms with Crippen LogP contribution in [0.15, 0.2) is 71.6 Å². The first kappa shape index (κ1) is 14.3. The quantitative estimate of drug-likeness (QED) is 0.568. The molecule has 116 valence electrons. The van der Waals surface area contributed by atoms with Gasteiger partial charge in [0.15, 0.2) is 0 Å². The first-order chi connectivity index (χ1) is 11.8. The topological polar surface area (TPSA) is 64.7 Å². The summed E-state index contributed by atoms with van der Waals surface area (Å²) in [6, 6.07) is 15.8. The van der Waals surface area contributed by atoms with Crippen molar-refractivity contribution in [1.29, 1.82) is 0 Å². The Bertz CT molecular complexity index is 979. The standard InChI is InChI=1S/C19H14N4O/c1-13-5-4-6-14(9-13)15-10-16(12-20-11-15)19-22-18(23-24-19)17-7-2-3-8-21-17/h2-12H,1H3. The predicted octanol–water partition coefficient (Wildman–Crippen LogP) is 4.17. The highest BCUT2D eigenvalue weighted by Gasteiger charge is 2.12. The van der Waals surface area contributed by atoms with Crippen LogP contribution in [-0.4, -0.2) is 20.1 Å². The summed E-state index contributed by atoms with van der Waals surface area (Å²) in [5.41, 5.74) is 4.77. The van der Waals surface area contributed by atoms with Crippen molar-refractivity contribution in [1.82, 2.24) is 20.1 Å². The maximum absolute atomic E-state index is 5.38. The van der Waals surface area contributed by atoms with Gasteiger partial charge in [0, 0.05) is 24.2 Å². The van der Waals surface area contributed by atoms with E-state index in [9.17, 15) is 0 Å². The minimum atomic E-state index is 0.428. The van der Waals surface area contributed by atoms with E-state index in [1.807, 2.05) is 36.5 Å². The molecule has 0 saturated heterocycles. The van der Waals surface area contributed by atoms with Crippen molar-refractivity contribution >= 4 is 0 Å². The zero-order chi connectivity index (χ0) is 16.4. The first-order valence-electron chi connectivity index (χ1n) is 7.57. The second-order valence-electron chi connectivity index (χ2n) is 5.47. The van der Waals surface area contributed by atoms with Crippen molar-refractivity contribution in [2.45, 2.75) is 6.92 Å². The molecule has 0 aliphatic heterocycles. The number of benzene rings is 1. The zero-order valence-electron chi connectivity index (χ0n) is 13.0. The van der Waals surface area contributed by atoms with Gasteiger partial charge in [-0.1, -0.05) is 41.1 Å². The van der Waals surface area contributed by atoms with Crippen LogP contribution in [0, 0.1) is 6.92 Å². The van der Waals surface area contributed by atoms with Crippen LogP contribution in [0.5, 0.6) is 0 Å². The van der Waals surface area contributed by atoms with Gasteiger partial charge in [0.05, 0.1) is 5.56 Å². The van der Waals surface area contributed by atoms with Gasteiger partial charge in [-0.15, -0.1) is 0 Å². The number of aromatic nitrogens is 4. The van der Waals surface area contributed by atoms with Gasteiger partial charge in [-0.3, -0.25) is 9.97 Å². The number of rotatable bonds is 3. The number of hydrogen-bond donors (Lipinski definition) is 0. The van der Waals surface area contributed by atoms with Crippen LogP contribution < -0.4 is 0 Å². The third kappa shape index (κ3) is 2.79. The van der Waals surface area contributed by atoms with Crippen LogP contribution in [0.1, 0.15) is 5.56 Å². The first-order valence-corrected chi connectivity index (χ1v) is 7.57. The van der Waals surface area contributed by atoms with Gasteiger partial charge < -0.3 is 4.52 Å². The molecule has 24 heavy (non-hydrogen) atoms. The van der Waals surface area contributed by atoms with E-state index in [4.69, 9.17) is 4.52 Å². The minimum Gasteiger partial charge on any atom is -0.333 e. The molecule has 0 unspecified atom stereocenters. The fourth-order valence-corrected chi connectivity index (χ4v) is 2.48. The molecule has 5 heteroatoms. The molecule has 0 radical (unpaired) electrons. The Kier molecular flexibility index (Phi) is 3.59. The number of hydrogen-bond acceptors (Lipinski definition) is 5. The van der Waals surface area contributed by atoms with E-state index >= 15 is 0 Å². The van der Waals surface area contributed by atoms with Gasteiger partial charge in [-0.2, -0.15) is 4.98 Å². The van der Waals surface area contributed by atoms with Crippen molar-refractivity contribution in [3.63, 3.8) is 0 Å². The van der Waals surface area contributed by atoms with Crippen molar-refractivity contribution in [3.8, 4) is 34.1 Å². The maximum Gasteiger partial charge on any atom is 0.259 e. The highest BCUT2D eigenvalue weighted by Crippen LogP contribution is 2.26. The van der Waals surface area contributed by atoms with Gasteiger partial charge in [-0.25, -0.2) is 0 Å². The van der Waals surface area contributed by atoms with Gasteiger partial charge in [0.2, 0.25) is 5.82 Å². The summed E-state index contributed by atoms with van der Waals surface area (Å²) in [6.45, 7) is 2.07. The predicted molar refractivity (Wildman–Crippen MR) is 90.9 cm³/mol. The molecule has 0 bridgehead atoms. The van der Waals surface area contributed by atoms with Gasteiger partial charge in [0.25, 0.3) is 5.89 Å². The highest BCUT2D eigenvalue weighted by atomic mass is 16.5. The second kappa shape index (κ2) is 6.04. The monoisotopic (exact) mass is 314 g/mol. The summed E-state index contributed by atoms with van der Waals surface area (Å²) in [5, 5.41) is 4.00. The van der Waals surface area contributed by atoms with E-state index in [1.165, 1.54) is 5.56 Å². The summed E-state index contributed by atoms with van der Waals surface area (Å²) < 4.78 is 5.38. The SMILES string of the molecule is Cc1cccc(-c2cncc(-c3nc(-c4ccccn4)no3)c2)c1. The van der Waals surface area contributed by atoms with Crippen LogP contribution in [0.3, 0.4) is 0 Å². The molecule has 0 N–H and O–H groups in total. The lowest BCUT2D eigenvalue weighted by atomic mass is 10.0. The average Bonchev–Trinajstić information content (AvgIpc) is 3.13. The molecule has 3 aromatic heterocycles. The molecular weight excluding hydrogens is 300 g/mol. The van der Waals surface area contributed by atoms with E-state index in [1.54, 1.807) is 12.4 Å². The lowest BCUT2D eigenvalue weighted by Crippen LogP contribution is -1.86. The fraction of sp³-hybridized carbons (Fsp3) is 0.0526. The Balaban J connectivity index is 1.71. The summed E-state index contributed by atoms with van der Waals surface area (Å²) in [4.78, 5) is 13.0. The van der Waals surface area contributed by atoms with Crippen molar-refractivity contribution in [3.05, 3.63) is 72.7 Å². The van der Waals surface area contributed by atoms with Crippen molar-refractivity contribution in [2.24, 2.45) is 0 Å². The summed E-state index contributed by atoms with van der Waals surface area (Å²) in [7, 11) is 0. The van der Waals surface area contributed by atoms with E-state index < -0.39 is 0 Å². The van der Waals surface area contributed by atoms with E-state index in [0.717, 1.165) is 16.7 Å². The van der Waals surface area contributed by atoms with Gasteiger partial charge in [0.1, 0.15) is 5.69 Å². The van der Waals surface area contributed by atoms with Crippen molar-refractivity contribution in [2.75, 3.05) is 0 Å². The molecule has 0 fully saturated rings. The molecule has 4 rings (SSSR count). The third-order valence-corrected chi connectivity index (χ3v) is 3.66. The molecule has 0 spiro atoms. The van der Waals surface area contributed by atoms with Crippen LogP contribution in [0.4, 0.5) is 0 Å². The van der Waals surface area contributed by atoms with E-state index in [-0.39, 0.29) is 0 Å². The Labute approximate surface area is 139 Å². The maximum atomic E-state index is 5.38. The number of aryl methyl sites for hydroxylation is 1. The van der Waals surface area contributed by atoms with E-state index in [0.29, 0.717) is 17.4 Å². The Morgan fingerprint density at radius 1 is 0.875 bits per heavy atom. The molecule has 0 saturated carbocycles. The molecule has 0 aliphatic carbocycles. The van der Waals surface area contributed by atoms with Gasteiger partial charge >= 0.3 is 0 Å². The van der Waals surface area contributed by atoms with Crippen LogP contribution >= 0.6 is 0 Å². The summed E-state index contributed by atoms with van der Waals surface area (Å²) >= 11 is 0. The normalized spacial score (nSPS) is 10.7. The zero-order valence-corrected chi connectivity index (χ0v) is 13.0. The van der Waals surface area contributed by atoms with Crippen LogP contribution in [0.2, 0.25) is 0 Å². The molecule has 4 aromatic rings. The average molecular weight is 314 g/mol. The molecule has 0 amide bonds. The number of pyridine rings is 2. The van der Waals surface area contributed by atoms with E-state index in [2.05, 4.69) is 45.2 Å². The Hall–Kier alpha value is -3.34. The third-order valence-electron chi connectivity index (χ3n) is 3.66. The lowest BCUT2D eigenvalue weighted by molar-refractivity contribution is 0.432. The molecule has 0 atom stereocenters. The molecule has 0 aliphatic rings. The molecule has 3 heterocycles.